The third kappa shape index (κ3) is 5.84. The molecule has 0 spiro atoms. The number of piperazine rings is 1. The van der Waals surface area contributed by atoms with Crippen LogP contribution in [-0.2, 0) is 9.59 Å². The largest absolute Gasteiger partial charge is 0.493 e. The van der Waals surface area contributed by atoms with Crippen molar-refractivity contribution in [3.63, 3.8) is 0 Å². The Bertz CT molecular complexity index is 1660. The van der Waals surface area contributed by atoms with Gasteiger partial charge in [0.05, 0.1) is 45.3 Å². The van der Waals surface area contributed by atoms with Gasteiger partial charge in [-0.05, 0) is 60.4 Å². The van der Waals surface area contributed by atoms with Crippen LogP contribution < -0.4 is 29.3 Å². The van der Waals surface area contributed by atoms with E-state index in [0.717, 1.165) is 22.8 Å². The molecule has 6 rings (SSSR count). The first-order valence-electron chi connectivity index (χ1n) is 15.6. The summed E-state index contributed by atoms with van der Waals surface area (Å²) in [7, 11) is 4.69. The zero-order valence-electron chi connectivity index (χ0n) is 27.1. The molecule has 1 atom stereocenters. The van der Waals surface area contributed by atoms with Gasteiger partial charge >= 0.3 is 0 Å². The Hall–Kier alpha value is -4.73. The van der Waals surface area contributed by atoms with Crippen LogP contribution in [0.2, 0.25) is 0 Å². The van der Waals surface area contributed by atoms with E-state index in [1.54, 1.807) is 33.5 Å². The molecular formula is C36H41FN4O5. The molecule has 0 saturated carbocycles. The number of rotatable bonds is 7. The van der Waals surface area contributed by atoms with Crippen LogP contribution in [0, 0.1) is 11.2 Å². The third-order valence-corrected chi connectivity index (χ3v) is 9.16. The lowest BCUT2D eigenvalue weighted by Crippen LogP contribution is -2.52. The van der Waals surface area contributed by atoms with Crippen molar-refractivity contribution >= 4 is 28.8 Å². The fraction of sp³-hybridized carbons (Fsp3) is 0.389. The van der Waals surface area contributed by atoms with E-state index in [4.69, 9.17) is 14.2 Å². The van der Waals surface area contributed by atoms with Gasteiger partial charge in [0.25, 0.3) is 0 Å². The Labute approximate surface area is 269 Å². The van der Waals surface area contributed by atoms with Crippen molar-refractivity contribution in [2.24, 2.45) is 5.41 Å². The van der Waals surface area contributed by atoms with Gasteiger partial charge in [-0.2, -0.15) is 0 Å². The molecule has 1 fully saturated rings. The van der Waals surface area contributed by atoms with Crippen LogP contribution in [0.1, 0.15) is 38.3 Å². The number of benzene rings is 3. The smallest absolute Gasteiger partial charge is 0.242 e. The zero-order chi connectivity index (χ0) is 32.6. The number of amides is 1. The highest BCUT2D eigenvalue weighted by Crippen LogP contribution is 2.52. The Morgan fingerprint density at radius 2 is 1.59 bits per heavy atom. The highest BCUT2D eigenvalue weighted by Gasteiger charge is 2.43. The Morgan fingerprint density at radius 3 is 2.26 bits per heavy atom. The fourth-order valence-corrected chi connectivity index (χ4v) is 7.00. The topological polar surface area (TPSA) is 83.6 Å². The molecule has 1 aliphatic carbocycles. The van der Waals surface area contributed by atoms with E-state index in [1.165, 1.54) is 12.1 Å². The number of nitrogens with zero attached hydrogens (tertiary/aromatic N) is 3. The summed E-state index contributed by atoms with van der Waals surface area (Å²) >= 11 is 0. The first-order valence-corrected chi connectivity index (χ1v) is 15.6. The average Bonchev–Trinajstić information content (AvgIpc) is 3.18. The number of halogens is 1. The maximum atomic E-state index is 14.2. The molecule has 3 aromatic carbocycles. The standard InChI is InChI=1S/C36H41FN4O5/c1-36(2)20-27-32(29(42)21-36)33(25-14-15-30(44-3)35(46-5)34(25)45-4)41(28-9-7-6-8-26(28)38-27)22-31(43)40-18-16-39(17-19-40)24-12-10-23(37)11-13-24/h6-15,33,38H,16-22H2,1-5H3. The van der Waals surface area contributed by atoms with Crippen LogP contribution >= 0.6 is 0 Å². The maximum Gasteiger partial charge on any atom is 0.242 e. The molecule has 0 radical (unpaired) electrons. The summed E-state index contributed by atoms with van der Waals surface area (Å²) in [6, 6.07) is 17.4. The van der Waals surface area contributed by atoms with E-state index in [0.29, 0.717) is 67.4 Å². The second-order valence-electron chi connectivity index (χ2n) is 12.8. The van der Waals surface area contributed by atoms with E-state index in [-0.39, 0.29) is 29.5 Å². The first-order chi connectivity index (χ1) is 22.1. The second-order valence-corrected chi connectivity index (χ2v) is 12.8. The van der Waals surface area contributed by atoms with E-state index < -0.39 is 6.04 Å². The van der Waals surface area contributed by atoms with Gasteiger partial charge in [-0.1, -0.05) is 26.0 Å². The lowest BCUT2D eigenvalue weighted by molar-refractivity contribution is -0.130. The summed E-state index contributed by atoms with van der Waals surface area (Å²) in [5.74, 6) is 1.07. The van der Waals surface area contributed by atoms with Crippen molar-refractivity contribution in [3.05, 3.63) is 83.3 Å². The quantitative estimate of drug-likeness (QED) is 0.351. The molecule has 9 nitrogen and oxygen atoms in total. The summed E-state index contributed by atoms with van der Waals surface area (Å²) < 4.78 is 30.8. The summed E-state index contributed by atoms with van der Waals surface area (Å²) in [5.41, 5.74) is 4.50. The number of allylic oxidation sites excluding steroid dienone is 1. The molecule has 0 bridgehead atoms. The van der Waals surface area contributed by atoms with Gasteiger partial charge in [-0.3, -0.25) is 9.59 Å². The minimum atomic E-state index is -0.644. The normalized spacial score (nSPS) is 19.1. The molecular weight excluding hydrogens is 587 g/mol. The van der Waals surface area contributed by atoms with Crippen molar-refractivity contribution in [2.45, 2.75) is 32.7 Å². The van der Waals surface area contributed by atoms with Crippen LogP contribution in [0.4, 0.5) is 21.5 Å². The first kappa shape index (κ1) is 31.3. The molecule has 46 heavy (non-hydrogen) atoms. The number of carbonyl (C=O) groups is 2. The summed E-state index contributed by atoms with van der Waals surface area (Å²) in [6.45, 7) is 6.55. The van der Waals surface area contributed by atoms with E-state index >= 15 is 0 Å². The monoisotopic (exact) mass is 628 g/mol. The highest BCUT2D eigenvalue weighted by molar-refractivity contribution is 6.02. The number of ether oxygens (including phenoxy) is 3. The van der Waals surface area contributed by atoms with Crippen molar-refractivity contribution in [2.75, 3.05) is 69.2 Å². The lowest BCUT2D eigenvalue weighted by Gasteiger charge is -2.40. The van der Waals surface area contributed by atoms with Gasteiger partial charge in [-0.15, -0.1) is 0 Å². The summed E-state index contributed by atoms with van der Waals surface area (Å²) in [6.07, 6.45) is 1.05. The number of ketones is 1. The van der Waals surface area contributed by atoms with Crippen LogP contribution in [0.5, 0.6) is 17.2 Å². The van der Waals surface area contributed by atoms with Crippen LogP contribution in [-0.4, -0.2) is 70.6 Å². The Morgan fingerprint density at radius 1 is 0.891 bits per heavy atom. The predicted molar refractivity (Wildman–Crippen MR) is 176 cm³/mol. The van der Waals surface area contributed by atoms with Crippen LogP contribution in [0.15, 0.2) is 71.9 Å². The van der Waals surface area contributed by atoms with Gasteiger partial charge in [-0.25, -0.2) is 4.39 Å². The number of Topliss-reactive ketones (excluding diaryl/α,β-unsaturated/α-hetero) is 1. The highest BCUT2D eigenvalue weighted by atomic mass is 19.1. The van der Waals surface area contributed by atoms with Gasteiger partial charge in [0.15, 0.2) is 17.3 Å². The SMILES string of the molecule is COc1ccc(C2C3=C(CC(C)(C)CC3=O)Nc3ccccc3N2CC(=O)N2CCN(c3ccc(F)cc3)CC2)c(OC)c1OC. The second kappa shape index (κ2) is 12.6. The van der Waals surface area contributed by atoms with Crippen molar-refractivity contribution in [1.29, 1.82) is 0 Å². The molecule has 2 heterocycles. The number of anilines is 3. The fourth-order valence-electron chi connectivity index (χ4n) is 7.00. The molecule has 10 heteroatoms. The number of para-hydroxylation sites is 2. The molecule has 1 amide bonds. The lowest BCUT2D eigenvalue weighted by atomic mass is 9.73. The van der Waals surface area contributed by atoms with Gasteiger partial charge in [0.2, 0.25) is 11.7 Å². The molecule has 1 saturated heterocycles. The number of hydrogen-bond donors (Lipinski definition) is 1. The molecule has 242 valence electrons. The summed E-state index contributed by atoms with van der Waals surface area (Å²) in [5, 5.41) is 3.61. The van der Waals surface area contributed by atoms with E-state index in [1.807, 2.05) is 46.2 Å². The molecule has 3 aromatic rings. The maximum absolute atomic E-state index is 14.2. The van der Waals surface area contributed by atoms with E-state index in [2.05, 4.69) is 24.1 Å². The average molecular weight is 629 g/mol. The Balaban J connectivity index is 1.42. The number of fused-ring (bicyclic) bond motifs is 1. The van der Waals surface area contributed by atoms with Gasteiger partial charge in [0.1, 0.15) is 5.82 Å². The molecule has 1 unspecified atom stereocenters. The number of carbonyl (C=O) groups excluding carboxylic acids is 2. The van der Waals surface area contributed by atoms with Gasteiger partial charge in [0, 0.05) is 55.1 Å². The van der Waals surface area contributed by atoms with Gasteiger partial charge < -0.3 is 34.2 Å². The van der Waals surface area contributed by atoms with Crippen molar-refractivity contribution < 1.29 is 28.2 Å². The van der Waals surface area contributed by atoms with Crippen LogP contribution in [0.25, 0.3) is 0 Å². The predicted octanol–water partition coefficient (Wildman–Crippen LogP) is 5.82. The third-order valence-electron chi connectivity index (χ3n) is 9.16. The van der Waals surface area contributed by atoms with Crippen molar-refractivity contribution in [3.8, 4) is 17.2 Å². The van der Waals surface area contributed by atoms with Crippen molar-refractivity contribution in [1.82, 2.24) is 4.90 Å². The van der Waals surface area contributed by atoms with Crippen LogP contribution in [0.3, 0.4) is 0 Å². The minimum Gasteiger partial charge on any atom is -0.493 e. The van der Waals surface area contributed by atoms with E-state index in [9.17, 15) is 14.0 Å². The molecule has 0 aromatic heterocycles. The minimum absolute atomic E-state index is 0.0266. The number of nitrogens with one attached hydrogen (secondary N) is 1. The molecule has 2 aliphatic heterocycles. The Kier molecular flexibility index (Phi) is 8.55. The summed E-state index contributed by atoms with van der Waals surface area (Å²) in [4.78, 5) is 34.4. The number of hydrogen-bond acceptors (Lipinski definition) is 8. The zero-order valence-corrected chi connectivity index (χ0v) is 27.1. The molecule has 3 aliphatic rings. The molecule has 1 N–H and O–H groups in total. The number of methoxy groups -OCH3 is 3.